The van der Waals surface area contributed by atoms with Gasteiger partial charge in [0.05, 0.1) is 12.5 Å². The number of aromatic nitrogens is 4. The first-order valence-electron chi connectivity index (χ1n) is 11.0. The lowest BCUT2D eigenvalue weighted by Crippen LogP contribution is -2.38. The van der Waals surface area contributed by atoms with Crippen molar-refractivity contribution in [1.29, 1.82) is 0 Å². The third kappa shape index (κ3) is 5.11. The van der Waals surface area contributed by atoms with Crippen molar-refractivity contribution in [3.05, 3.63) is 70.7 Å². The molecule has 0 unspecified atom stereocenters. The molecular formula is C22H20ClN8O3S2+. The third-order valence-corrected chi connectivity index (χ3v) is 9.49. The highest BCUT2D eigenvalue weighted by molar-refractivity contribution is 7.91. The van der Waals surface area contributed by atoms with E-state index in [0.717, 1.165) is 22.5 Å². The summed E-state index contributed by atoms with van der Waals surface area (Å²) in [4.78, 5) is 28.9. The minimum absolute atomic E-state index is 0.120. The summed E-state index contributed by atoms with van der Waals surface area (Å²) >= 11 is 6.94. The first kappa shape index (κ1) is 24.3. The number of thiophene rings is 1. The predicted molar refractivity (Wildman–Crippen MR) is 133 cm³/mol. The van der Waals surface area contributed by atoms with Gasteiger partial charge in [0.2, 0.25) is 10.0 Å². The van der Waals surface area contributed by atoms with Crippen molar-refractivity contribution < 1.29 is 13.2 Å². The normalized spacial score (nSPS) is 15.0. The van der Waals surface area contributed by atoms with Crippen molar-refractivity contribution in [1.82, 2.24) is 28.7 Å². The molecule has 36 heavy (non-hydrogen) atoms. The molecule has 1 aromatic carbocycles. The quantitative estimate of drug-likeness (QED) is 0.267. The average molecular weight is 544 g/mol. The number of carbonyl (C=O) groups excluding carboxylic acids is 1. The minimum atomic E-state index is -3.62. The first-order valence-corrected chi connectivity index (χ1v) is 13.6. The maximum atomic E-state index is 13.2. The van der Waals surface area contributed by atoms with E-state index in [0.29, 0.717) is 41.4 Å². The Balaban J connectivity index is 1.20. The molecule has 11 nitrogen and oxygen atoms in total. The standard InChI is InChI=1S/C22H20ClN8O3S2/c23-16-3-1-15(2-4-16)22(32)28-29-27-11-18-5-6-20(35-18)36(33,34)30-9-7-17(8-10-30)31-14-26-19-12-24-13-25-21(19)31/h1-6,12-14,17H,7-11H2/q+1. The summed E-state index contributed by atoms with van der Waals surface area (Å²) in [6.07, 6.45) is 6.20. The molecular weight excluding hydrogens is 524 g/mol. The number of rotatable bonds is 6. The van der Waals surface area contributed by atoms with Gasteiger partial charge < -0.3 is 4.57 Å². The lowest BCUT2D eigenvalue weighted by Gasteiger charge is -2.31. The zero-order valence-corrected chi connectivity index (χ0v) is 21.2. The number of imidazole rings is 1. The van der Waals surface area contributed by atoms with Gasteiger partial charge in [-0.05, 0) is 49.2 Å². The number of fused-ring (bicyclic) bond motifs is 1. The third-order valence-electron chi connectivity index (χ3n) is 5.80. The Morgan fingerprint density at radius 3 is 2.69 bits per heavy atom. The van der Waals surface area contributed by atoms with E-state index in [4.69, 9.17) is 11.6 Å². The van der Waals surface area contributed by atoms with Gasteiger partial charge in [-0.15, -0.1) is 11.3 Å². The van der Waals surface area contributed by atoms with Crippen LogP contribution in [0.15, 0.2) is 69.7 Å². The van der Waals surface area contributed by atoms with E-state index in [2.05, 4.69) is 30.1 Å². The topological polar surface area (TPSA) is 137 Å². The molecule has 1 fully saturated rings. The van der Waals surface area contributed by atoms with E-state index >= 15 is 0 Å². The predicted octanol–water partition coefficient (Wildman–Crippen LogP) is 3.88. The molecule has 1 saturated heterocycles. The van der Waals surface area contributed by atoms with Crippen LogP contribution in [0.25, 0.3) is 11.2 Å². The summed E-state index contributed by atoms with van der Waals surface area (Å²) < 4.78 is 30.1. The smallest absolute Gasteiger partial charge is 0.312 e. The summed E-state index contributed by atoms with van der Waals surface area (Å²) in [5, 5.41) is 7.96. The number of sulfonamides is 1. The summed E-state index contributed by atoms with van der Waals surface area (Å²) in [7, 11) is -3.62. The van der Waals surface area contributed by atoms with Crippen LogP contribution in [0.3, 0.4) is 0 Å². The maximum absolute atomic E-state index is 13.2. The van der Waals surface area contributed by atoms with Crippen molar-refractivity contribution in [2.75, 3.05) is 13.1 Å². The molecule has 0 atom stereocenters. The molecule has 4 heterocycles. The van der Waals surface area contributed by atoms with E-state index in [1.165, 1.54) is 10.6 Å². The Hall–Kier alpha value is -3.35. The molecule has 0 N–H and O–H groups in total. The van der Waals surface area contributed by atoms with E-state index in [-0.39, 0.29) is 16.8 Å². The molecule has 1 aliphatic heterocycles. The van der Waals surface area contributed by atoms with Gasteiger partial charge in [0.15, 0.2) is 12.2 Å². The number of nitrogens with zero attached hydrogens (tertiary/aromatic N) is 8. The molecule has 3 aromatic heterocycles. The van der Waals surface area contributed by atoms with Gasteiger partial charge in [0.25, 0.3) is 10.0 Å². The van der Waals surface area contributed by atoms with E-state index in [1.54, 1.807) is 48.9 Å². The summed E-state index contributed by atoms with van der Waals surface area (Å²) in [5.74, 6) is -0.538. The highest BCUT2D eigenvalue weighted by Crippen LogP contribution is 2.31. The fourth-order valence-electron chi connectivity index (χ4n) is 3.95. The molecule has 184 valence electrons. The van der Waals surface area contributed by atoms with Crippen molar-refractivity contribution in [3.63, 3.8) is 0 Å². The van der Waals surface area contributed by atoms with Crippen LogP contribution < -0.4 is 4.91 Å². The van der Waals surface area contributed by atoms with Gasteiger partial charge in [-0.2, -0.15) is 4.31 Å². The van der Waals surface area contributed by atoms with Crippen LogP contribution in [0.1, 0.15) is 34.1 Å². The summed E-state index contributed by atoms with van der Waals surface area (Å²) in [6.45, 7) is 0.919. The van der Waals surface area contributed by atoms with Gasteiger partial charge in [0, 0.05) is 34.6 Å². The van der Waals surface area contributed by atoms with Crippen LogP contribution in [-0.4, -0.2) is 51.2 Å². The van der Waals surface area contributed by atoms with Gasteiger partial charge in [-0.25, -0.2) is 23.4 Å². The largest absolute Gasteiger partial charge is 0.360 e. The Morgan fingerprint density at radius 2 is 1.92 bits per heavy atom. The Bertz CT molecular complexity index is 1570. The molecule has 14 heteroatoms. The van der Waals surface area contributed by atoms with Gasteiger partial charge in [-0.1, -0.05) is 11.6 Å². The van der Waals surface area contributed by atoms with Crippen LogP contribution in [0.2, 0.25) is 5.02 Å². The van der Waals surface area contributed by atoms with Gasteiger partial charge >= 0.3 is 5.91 Å². The van der Waals surface area contributed by atoms with Crippen molar-refractivity contribution in [3.8, 4) is 0 Å². The monoisotopic (exact) mass is 543 g/mol. The number of benzene rings is 1. The fraction of sp³-hybridized carbons (Fsp3) is 0.273. The molecule has 0 spiro atoms. The van der Waals surface area contributed by atoms with Crippen LogP contribution >= 0.6 is 22.9 Å². The lowest BCUT2D eigenvalue weighted by atomic mass is 10.1. The molecule has 1 aliphatic rings. The molecule has 0 saturated carbocycles. The lowest BCUT2D eigenvalue weighted by molar-refractivity contribution is 0.0992. The Kier molecular flexibility index (Phi) is 6.99. The van der Waals surface area contributed by atoms with Gasteiger partial charge in [0.1, 0.15) is 21.2 Å². The van der Waals surface area contributed by atoms with Crippen LogP contribution in [0, 0.1) is 0 Å². The van der Waals surface area contributed by atoms with E-state index in [1.807, 2.05) is 4.57 Å². The van der Waals surface area contributed by atoms with Gasteiger partial charge in [-0.3, -0.25) is 4.79 Å². The van der Waals surface area contributed by atoms with Crippen LogP contribution in [-0.2, 0) is 16.6 Å². The Morgan fingerprint density at radius 1 is 1.14 bits per heavy atom. The second-order valence-corrected chi connectivity index (χ2v) is 11.8. The summed E-state index contributed by atoms with van der Waals surface area (Å²) in [6, 6.07) is 9.67. The summed E-state index contributed by atoms with van der Waals surface area (Å²) in [5.41, 5.74) is 1.82. The first-order chi connectivity index (χ1) is 17.4. The van der Waals surface area contributed by atoms with Crippen LogP contribution in [0.5, 0.6) is 0 Å². The Labute approximate surface area is 215 Å². The molecule has 0 radical (unpaired) electrons. The second kappa shape index (κ2) is 10.3. The maximum Gasteiger partial charge on any atom is 0.360 e. The molecule has 4 aromatic rings. The van der Waals surface area contributed by atoms with Crippen molar-refractivity contribution in [2.24, 2.45) is 10.2 Å². The highest BCUT2D eigenvalue weighted by Gasteiger charge is 2.31. The zero-order valence-electron chi connectivity index (χ0n) is 18.8. The second-order valence-electron chi connectivity index (χ2n) is 8.04. The SMILES string of the molecule is O=C(N=[N+]=NCc1ccc(S(=O)(=O)N2CCC(n3cnc4cncnc43)CC2)s1)c1ccc(Cl)cc1. The fourth-order valence-corrected chi connectivity index (χ4v) is 6.97. The highest BCUT2D eigenvalue weighted by atomic mass is 35.5. The molecule has 0 bridgehead atoms. The van der Waals surface area contributed by atoms with E-state index < -0.39 is 15.9 Å². The molecule has 1 amide bonds. The van der Waals surface area contributed by atoms with E-state index in [9.17, 15) is 13.2 Å². The zero-order chi connectivity index (χ0) is 25.1. The van der Waals surface area contributed by atoms with Crippen molar-refractivity contribution >= 4 is 50.0 Å². The molecule has 5 rings (SSSR count). The number of carbonyl (C=O) groups is 1. The average Bonchev–Trinajstić information content (AvgIpc) is 3.55. The number of halogens is 1. The van der Waals surface area contributed by atoms with Crippen LogP contribution in [0.4, 0.5) is 0 Å². The number of piperidine rings is 1. The molecule has 0 aliphatic carbocycles. The minimum Gasteiger partial charge on any atom is -0.312 e. The number of amides is 1. The van der Waals surface area contributed by atoms with Crippen molar-refractivity contribution in [2.45, 2.75) is 29.6 Å². The number of hydrogen-bond donors (Lipinski definition) is 0. The number of hydrogen-bond acceptors (Lipinski definition) is 8.